The summed E-state index contributed by atoms with van der Waals surface area (Å²) in [5.41, 5.74) is 0. The van der Waals surface area contributed by atoms with Crippen molar-refractivity contribution in [1.29, 1.82) is 0 Å². The Morgan fingerprint density at radius 2 is 1.95 bits per heavy atom. The van der Waals surface area contributed by atoms with Crippen LogP contribution in [-0.2, 0) is 9.59 Å². The van der Waals surface area contributed by atoms with Gasteiger partial charge in [0.15, 0.2) is 0 Å². The number of rotatable bonds is 4. The van der Waals surface area contributed by atoms with Gasteiger partial charge in [0.25, 0.3) is 0 Å². The average Bonchev–Trinajstić information content (AvgIpc) is 2.52. The smallest absolute Gasteiger partial charge is 0.242 e. The van der Waals surface area contributed by atoms with E-state index >= 15 is 0 Å². The first-order valence-corrected chi connectivity index (χ1v) is 7.94. The fraction of sp³-hybridized carbons (Fsp3) is 0.867. The van der Waals surface area contributed by atoms with E-state index in [1.54, 1.807) is 7.05 Å². The van der Waals surface area contributed by atoms with Crippen LogP contribution in [0, 0.1) is 5.92 Å². The van der Waals surface area contributed by atoms with Crippen LogP contribution in [0.2, 0.25) is 0 Å². The third-order valence-corrected chi connectivity index (χ3v) is 4.60. The number of nitrogens with zero attached hydrogens (tertiary/aromatic N) is 1. The van der Waals surface area contributed by atoms with Crippen molar-refractivity contribution >= 4 is 11.8 Å². The molecule has 0 aliphatic carbocycles. The summed E-state index contributed by atoms with van der Waals surface area (Å²) in [4.78, 5) is 26.1. The van der Waals surface area contributed by atoms with E-state index in [4.69, 9.17) is 0 Å². The van der Waals surface area contributed by atoms with Gasteiger partial charge in [-0.15, -0.1) is 0 Å². The van der Waals surface area contributed by atoms with Crippen LogP contribution in [0.25, 0.3) is 0 Å². The van der Waals surface area contributed by atoms with Gasteiger partial charge in [-0.1, -0.05) is 0 Å². The quantitative estimate of drug-likeness (QED) is 0.804. The molecule has 114 valence electrons. The van der Waals surface area contributed by atoms with E-state index in [2.05, 4.69) is 10.6 Å². The monoisotopic (exact) mass is 281 g/mol. The topological polar surface area (TPSA) is 61.4 Å². The van der Waals surface area contributed by atoms with Crippen LogP contribution in [0.3, 0.4) is 0 Å². The molecular formula is C15H27N3O2. The minimum Gasteiger partial charge on any atom is -0.357 e. The van der Waals surface area contributed by atoms with Crippen LogP contribution < -0.4 is 10.6 Å². The maximum atomic E-state index is 12.4. The largest absolute Gasteiger partial charge is 0.357 e. The molecule has 0 radical (unpaired) electrons. The summed E-state index contributed by atoms with van der Waals surface area (Å²) in [6.07, 6.45) is 6.77. The molecule has 2 saturated heterocycles. The van der Waals surface area contributed by atoms with Gasteiger partial charge in [0.1, 0.15) is 6.04 Å². The molecule has 0 aromatic rings. The zero-order chi connectivity index (χ0) is 14.4. The molecule has 0 saturated carbocycles. The van der Waals surface area contributed by atoms with Gasteiger partial charge in [-0.05, 0) is 57.5 Å². The molecule has 0 spiro atoms. The maximum Gasteiger partial charge on any atom is 0.242 e. The van der Waals surface area contributed by atoms with Crippen LogP contribution in [0.4, 0.5) is 0 Å². The molecule has 2 amide bonds. The van der Waals surface area contributed by atoms with Gasteiger partial charge in [-0.2, -0.15) is 0 Å². The lowest BCUT2D eigenvalue weighted by atomic mass is 9.92. The van der Waals surface area contributed by atoms with E-state index in [1.165, 1.54) is 12.8 Å². The van der Waals surface area contributed by atoms with Crippen molar-refractivity contribution in [2.75, 3.05) is 26.7 Å². The van der Waals surface area contributed by atoms with Gasteiger partial charge in [-0.3, -0.25) is 9.59 Å². The van der Waals surface area contributed by atoms with E-state index in [-0.39, 0.29) is 17.9 Å². The van der Waals surface area contributed by atoms with Crippen molar-refractivity contribution in [1.82, 2.24) is 15.5 Å². The minimum absolute atomic E-state index is 0.0140. The second kappa shape index (κ2) is 7.62. The highest BCUT2D eigenvalue weighted by Gasteiger charge is 2.31. The average molecular weight is 281 g/mol. The second-order valence-electron chi connectivity index (χ2n) is 5.95. The molecule has 0 aromatic carbocycles. The first kappa shape index (κ1) is 15.3. The van der Waals surface area contributed by atoms with Crippen LogP contribution in [0.15, 0.2) is 0 Å². The number of amides is 2. The Hall–Kier alpha value is -1.10. The minimum atomic E-state index is -0.241. The first-order valence-electron chi connectivity index (χ1n) is 7.94. The molecule has 2 heterocycles. The molecule has 2 rings (SSSR count). The molecule has 20 heavy (non-hydrogen) atoms. The van der Waals surface area contributed by atoms with Gasteiger partial charge >= 0.3 is 0 Å². The van der Waals surface area contributed by atoms with E-state index < -0.39 is 0 Å². The second-order valence-corrected chi connectivity index (χ2v) is 5.95. The van der Waals surface area contributed by atoms with Crippen LogP contribution in [-0.4, -0.2) is 49.4 Å². The number of carbonyl (C=O) groups is 2. The Kier molecular flexibility index (Phi) is 5.83. The number of carbonyl (C=O) groups excluding carboxylic acids is 2. The van der Waals surface area contributed by atoms with Gasteiger partial charge in [-0.25, -0.2) is 0 Å². The van der Waals surface area contributed by atoms with Crippen LogP contribution >= 0.6 is 0 Å². The summed E-state index contributed by atoms with van der Waals surface area (Å²) < 4.78 is 0. The summed E-state index contributed by atoms with van der Waals surface area (Å²) in [5, 5.41) is 6.03. The molecular weight excluding hydrogens is 254 g/mol. The highest BCUT2D eigenvalue weighted by Crippen LogP contribution is 2.22. The highest BCUT2D eigenvalue weighted by molar-refractivity contribution is 5.87. The van der Waals surface area contributed by atoms with E-state index in [0.29, 0.717) is 12.3 Å². The molecule has 1 atom stereocenters. The number of nitrogens with one attached hydrogen (secondary N) is 2. The number of hydrogen-bond donors (Lipinski definition) is 2. The number of likely N-dealkylation sites (N-methyl/N-ethyl adjacent to an activating group) is 1. The SMILES string of the molecule is CNC(=O)C1CCCCN1C(=O)CCC1CCNCC1. The van der Waals surface area contributed by atoms with E-state index in [9.17, 15) is 9.59 Å². The Morgan fingerprint density at radius 1 is 1.20 bits per heavy atom. The van der Waals surface area contributed by atoms with Gasteiger partial charge in [0.2, 0.25) is 11.8 Å². The zero-order valence-corrected chi connectivity index (χ0v) is 12.5. The molecule has 2 N–H and O–H groups in total. The van der Waals surface area contributed by atoms with E-state index in [1.807, 2.05) is 4.90 Å². The predicted octanol–water partition coefficient (Wildman–Crippen LogP) is 0.893. The zero-order valence-electron chi connectivity index (χ0n) is 12.5. The molecule has 1 unspecified atom stereocenters. The summed E-state index contributed by atoms with van der Waals surface area (Å²) in [6, 6.07) is -0.241. The Labute approximate surface area is 121 Å². The third-order valence-electron chi connectivity index (χ3n) is 4.60. The van der Waals surface area contributed by atoms with Crippen molar-refractivity contribution in [2.24, 2.45) is 5.92 Å². The fourth-order valence-electron chi connectivity index (χ4n) is 3.31. The molecule has 2 fully saturated rings. The Bertz CT molecular complexity index is 340. The molecule has 2 aliphatic heterocycles. The molecule has 2 aliphatic rings. The van der Waals surface area contributed by atoms with Crippen molar-refractivity contribution in [3.8, 4) is 0 Å². The van der Waals surface area contributed by atoms with Crippen molar-refractivity contribution in [3.63, 3.8) is 0 Å². The fourth-order valence-corrected chi connectivity index (χ4v) is 3.31. The van der Waals surface area contributed by atoms with E-state index in [0.717, 1.165) is 45.3 Å². The highest BCUT2D eigenvalue weighted by atomic mass is 16.2. The summed E-state index contributed by atoms with van der Waals surface area (Å²) in [7, 11) is 1.65. The predicted molar refractivity (Wildman–Crippen MR) is 78.2 cm³/mol. The maximum absolute atomic E-state index is 12.4. The first-order chi connectivity index (χ1) is 9.72. The third kappa shape index (κ3) is 3.95. The molecule has 0 bridgehead atoms. The molecule has 5 nitrogen and oxygen atoms in total. The van der Waals surface area contributed by atoms with Crippen LogP contribution in [0.1, 0.15) is 44.9 Å². The normalized spacial score (nSPS) is 24.4. The van der Waals surface area contributed by atoms with Crippen LogP contribution in [0.5, 0.6) is 0 Å². The van der Waals surface area contributed by atoms with Gasteiger partial charge in [0.05, 0.1) is 0 Å². The Balaban J connectivity index is 1.83. The standard InChI is InChI=1S/C15H27N3O2/c1-16-15(20)13-4-2-3-11-18(13)14(19)6-5-12-7-9-17-10-8-12/h12-13,17H,2-11H2,1H3,(H,16,20). The number of piperidine rings is 2. The summed E-state index contributed by atoms with van der Waals surface area (Å²) in [5.74, 6) is 0.820. The number of hydrogen-bond acceptors (Lipinski definition) is 3. The van der Waals surface area contributed by atoms with Crippen molar-refractivity contribution < 1.29 is 9.59 Å². The molecule has 5 heteroatoms. The summed E-state index contributed by atoms with van der Waals surface area (Å²) >= 11 is 0. The number of likely N-dealkylation sites (tertiary alicyclic amines) is 1. The molecule has 0 aromatic heterocycles. The lowest BCUT2D eigenvalue weighted by molar-refractivity contribution is -0.142. The Morgan fingerprint density at radius 3 is 2.65 bits per heavy atom. The van der Waals surface area contributed by atoms with Gasteiger partial charge < -0.3 is 15.5 Å². The summed E-state index contributed by atoms with van der Waals surface area (Å²) in [6.45, 7) is 2.88. The lowest BCUT2D eigenvalue weighted by Crippen LogP contribution is -2.51. The lowest BCUT2D eigenvalue weighted by Gasteiger charge is -2.35. The van der Waals surface area contributed by atoms with Crippen molar-refractivity contribution in [2.45, 2.75) is 51.0 Å². The van der Waals surface area contributed by atoms with Gasteiger partial charge in [0, 0.05) is 20.0 Å². The van der Waals surface area contributed by atoms with Crippen molar-refractivity contribution in [3.05, 3.63) is 0 Å².